The van der Waals surface area contributed by atoms with Crippen LogP contribution in [0.1, 0.15) is 15.9 Å². The van der Waals surface area contributed by atoms with Crippen molar-refractivity contribution >= 4 is 33.5 Å². The first-order chi connectivity index (χ1) is 9.60. The summed E-state index contributed by atoms with van der Waals surface area (Å²) in [5.74, 6) is 0.102. The standard InChI is InChI=1S/C15H12BrClO3/c1-19-15(18)11-5-6-14(13(17)8-11)20-9-10-3-2-4-12(16)7-10/h2-8H,9H2,1H3. The normalized spacial score (nSPS) is 10.2. The van der Waals surface area contributed by atoms with Gasteiger partial charge in [-0.05, 0) is 35.9 Å². The topological polar surface area (TPSA) is 35.5 Å². The molecule has 2 rings (SSSR count). The highest BCUT2D eigenvalue weighted by molar-refractivity contribution is 9.10. The molecular formula is C15H12BrClO3. The quantitative estimate of drug-likeness (QED) is 0.759. The molecule has 0 aromatic heterocycles. The van der Waals surface area contributed by atoms with Crippen LogP contribution in [0.25, 0.3) is 0 Å². The molecule has 0 spiro atoms. The van der Waals surface area contributed by atoms with Crippen LogP contribution in [0.4, 0.5) is 0 Å². The second-order valence-corrected chi connectivity index (χ2v) is 5.38. The molecule has 20 heavy (non-hydrogen) atoms. The van der Waals surface area contributed by atoms with Gasteiger partial charge in [-0.1, -0.05) is 39.7 Å². The molecular weight excluding hydrogens is 344 g/mol. The fourth-order valence-corrected chi connectivity index (χ4v) is 2.33. The summed E-state index contributed by atoms with van der Waals surface area (Å²) in [5.41, 5.74) is 1.42. The number of hydrogen-bond donors (Lipinski definition) is 0. The molecule has 104 valence electrons. The summed E-state index contributed by atoms with van der Waals surface area (Å²) in [7, 11) is 1.33. The smallest absolute Gasteiger partial charge is 0.337 e. The van der Waals surface area contributed by atoms with Crippen molar-refractivity contribution in [3.63, 3.8) is 0 Å². The third kappa shape index (κ3) is 3.74. The Kier molecular flexibility index (Phi) is 5.04. The Hall–Kier alpha value is -1.52. The van der Waals surface area contributed by atoms with Gasteiger partial charge in [0.25, 0.3) is 0 Å². The van der Waals surface area contributed by atoms with E-state index in [-0.39, 0.29) is 0 Å². The van der Waals surface area contributed by atoms with E-state index in [2.05, 4.69) is 20.7 Å². The third-order valence-corrected chi connectivity index (χ3v) is 3.42. The molecule has 0 bridgehead atoms. The van der Waals surface area contributed by atoms with Crippen LogP contribution in [0, 0.1) is 0 Å². The molecule has 0 aliphatic heterocycles. The molecule has 0 N–H and O–H groups in total. The maximum Gasteiger partial charge on any atom is 0.337 e. The molecule has 2 aromatic rings. The first-order valence-electron chi connectivity index (χ1n) is 5.85. The van der Waals surface area contributed by atoms with Crippen molar-refractivity contribution in [3.8, 4) is 5.75 Å². The average molecular weight is 356 g/mol. The molecule has 5 heteroatoms. The third-order valence-electron chi connectivity index (χ3n) is 2.64. The van der Waals surface area contributed by atoms with Gasteiger partial charge >= 0.3 is 5.97 Å². The molecule has 0 aliphatic carbocycles. The van der Waals surface area contributed by atoms with Gasteiger partial charge in [0.05, 0.1) is 17.7 Å². The van der Waals surface area contributed by atoms with Crippen molar-refractivity contribution in [3.05, 3.63) is 63.1 Å². The van der Waals surface area contributed by atoms with Crippen LogP contribution in [-0.4, -0.2) is 13.1 Å². The average Bonchev–Trinajstić information content (AvgIpc) is 2.45. The summed E-state index contributed by atoms with van der Waals surface area (Å²) in [5, 5.41) is 0.378. The number of carbonyl (C=O) groups excluding carboxylic acids is 1. The van der Waals surface area contributed by atoms with Crippen LogP contribution in [0.3, 0.4) is 0 Å². The number of benzene rings is 2. The Morgan fingerprint density at radius 1 is 1.25 bits per heavy atom. The predicted molar refractivity (Wildman–Crippen MR) is 81.3 cm³/mol. The Morgan fingerprint density at radius 2 is 2.05 bits per heavy atom. The van der Waals surface area contributed by atoms with E-state index in [9.17, 15) is 4.79 Å². The Morgan fingerprint density at radius 3 is 2.70 bits per heavy atom. The van der Waals surface area contributed by atoms with Gasteiger partial charge in [0, 0.05) is 4.47 Å². The molecule has 2 aromatic carbocycles. The minimum Gasteiger partial charge on any atom is -0.487 e. The van der Waals surface area contributed by atoms with Gasteiger partial charge in [0.2, 0.25) is 0 Å². The van der Waals surface area contributed by atoms with E-state index in [0.717, 1.165) is 10.0 Å². The fraction of sp³-hybridized carbons (Fsp3) is 0.133. The largest absolute Gasteiger partial charge is 0.487 e. The summed E-state index contributed by atoms with van der Waals surface area (Å²) < 4.78 is 11.3. The molecule has 0 fully saturated rings. The van der Waals surface area contributed by atoms with Crippen molar-refractivity contribution in [2.24, 2.45) is 0 Å². The summed E-state index contributed by atoms with van der Waals surface area (Å²) in [6.45, 7) is 0.400. The van der Waals surface area contributed by atoms with Gasteiger partial charge < -0.3 is 9.47 Å². The van der Waals surface area contributed by atoms with Crippen LogP contribution >= 0.6 is 27.5 Å². The zero-order chi connectivity index (χ0) is 14.5. The molecule has 0 saturated heterocycles. The molecule has 0 atom stereocenters. The number of halogens is 2. The Labute approximate surface area is 130 Å². The first-order valence-corrected chi connectivity index (χ1v) is 7.02. The molecule has 3 nitrogen and oxygen atoms in total. The zero-order valence-electron chi connectivity index (χ0n) is 10.7. The summed E-state index contributed by atoms with van der Waals surface area (Å²) in [6, 6.07) is 12.6. The van der Waals surface area contributed by atoms with E-state index < -0.39 is 5.97 Å². The first kappa shape index (κ1) is 14.9. The van der Waals surface area contributed by atoms with Crippen molar-refractivity contribution in [2.75, 3.05) is 7.11 Å². The van der Waals surface area contributed by atoms with Crippen LogP contribution in [0.5, 0.6) is 5.75 Å². The SMILES string of the molecule is COC(=O)c1ccc(OCc2cccc(Br)c2)c(Cl)c1. The minimum absolute atomic E-state index is 0.378. The summed E-state index contributed by atoms with van der Waals surface area (Å²) in [6.07, 6.45) is 0. The van der Waals surface area contributed by atoms with Gasteiger partial charge in [0.1, 0.15) is 12.4 Å². The number of hydrogen-bond acceptors (Lipinski definition) is 3. The van der Waals surface area contributed by atoms with Crippen molar-refractivity contribution in [1.82, 2.24) is 0 Å². The Balaban J connectivity index is 2.08. The van der Waals surface area contributed by atoms with Gasteiger partial charge in [-0.2, -0.15) is 0 Å². The van der Waals surface area contributed by atoms with E-state index in [1.807, 2.05) is 24.3 Å². The van der Waals surface area contributed by atoms with Gasteiger partial charge in [-0.25, -0.2) is 4.79 Å². The summed E-state index contributed by atoms with van der Waals surface area (Å²) >= 11 is 9.49. The number of methoxy groups -OCH3 is 1. The van der Waals surface area contributed by atoms with Crippen molar-refractivity contribution in [1.29, 1.82) is 0 Å². The van der Waals surface area contributed by atoms with Gasteiger partial charge in [0.15, 0.2) is 0 Å². The second-order valence-electron chi connectivity index (χ2n) is 4.06. The van der Waals surface area contributed by atoms with E-state index in [1.54, 1.807) is 12.1 Å². The number of esters is 1. The maximum absolute atomic E-state index is 11.4. The highest BCUT2D eigenvalue weighted by Gasteiger charge is 2.09. The van der Waals surface area contributed by atoms with Crippen molar-refractivity contribution in [2.45, 2.75) is 6.61 Å². The van der Waals surface area contributed by atoms with E-state index in [4.69, 9.17) is 16.3 Å². The summed E-state index contributed by atoms with van der Waals surface area (Å²) in [4.78, 5) is 11.4. The van der Waals surface area contributed by atoms with Crippen LogP contribution < -0.4 is 4.74 Å². The monoisotopic (exact) mass is 354 g/mol. The predicted octanol–water partition coefficient (Wildman–Crippen LogP) is 4.47. The lowest BCUT2D eigenvalue weighted by Gasteiger charge is -2.09. The van der Waals surface area contributed by atoms with Crippen LogP contribution in [0.15, 0.2) is 46.9 Å². The zero-order valence-corrected chi connectivity index (χ0v) is 13.1. The van der Waals surface area contributed by atoms with E-state index >= 15 is 0 Å². The minimum atomic E-state index is -0.426. The lowest BCUT2D eigenvalue weighted by Crippen LogP contribution is -2.02. The molecule has 0 saturated carbocycles. The lowest BCUT2D eigenvalue weighted by molar-refractivity contribution is 0.0600. The highest BCUT2D eigenvalue weighted by atomic mass is 79.9. The van der Waals surface area contributed by atoms with Crippen LogP contribution in [-0.2, 0) is 11.3 Å². The van der Waals surface area contributed by atoms with Gasteiger partial charge in [-0.3, -0.25) is 0 Å². The molecule has 0 radical (unpaired) electrons. The fourth-order valence-electron chi connectivity index (χ4n) is 1.65. The van der Waals surface area contributed by atoms with E-state index in [1.165, 1.54) is 13.2 Å². The molecule has 0 aliphatic rings. The number of rotatable bonds is 4. The van der Waals surface area contributed by atoms with E-state index in [0.29, 0.717) is 22.9 Å². The Bertz CT molecular complexity index is 628. The number of carbonyl (C=O) groups is 1. The second kappa shape index (κ2) is 6.77. The molecule has 0 heterocycles. The van der Waals surface area contributed by atoms with Crippen LogP contribution in [0.2, 0.25) is 5.02 Å². The molecule has 0 unspecified atom stereocenters. The number of ether oxygens (including phenoxy) is 2. The van der Waals surface area contributed by atoms with Crippen molar-refractivity contribution < 1.29 is 14.3 Å². The van der Waals surface area contributed by atoms with Gasteiger partial charge in [-0.15, -0.1) is 0 Å². The molecule has 0 amide bonds. The lowest BCUT2D eigenvalue weighted by atomic mass is 10.2. The maximum atomic E-state index is 11.4. The highest BCUT2D eigenvalue weighted by Crippen LogP contribution is 2.26.